The van der Waals surface area contributed by atoms with Crippen LogP contribution in [0.1, 0.15) is 11.3 Å². The summed E-state index contributed by atoms with van der Waals surface area (Å²) in [4.78, 5) is 22.5. The normalized spacial score (nSPS) is 10.8. The van der Waals surface area contributed by atoms with Gasteiger partial charge in [-0.05, 0) is 73.2 Å². The van der Waals surface area contributed by atoms with Crippen LogP contribution in [-0.4, -0.2) is 15.9 Å². The molecule has 0 aliphatic rings. The third kappa shape index (κ3) is 5.91. The largest absolute Gasteiger partial charge is 0.457 e. The second kappa shape index (κ2) is 9.74. The third-order valence-corrected chi connectivity index (χ3v) is 4.89. The zero-order valence-electron chi connectivity index (χ0n) is 16.0. The number of hydrogen-bond acceptors (Lipinski definition) is 5. The fourth-order valence-electron chi connectivity index (χ4n) is 2.62. The first-order chi connectivity index (χ1) is 14.7. The zero-order chi connectivity index (χ0) is 22.5. The first-order valence-electron chi connectivity index (χ1n) is 8.83. The van der Waals surface area contributed by atoms with Crippen molar-refractivity contribution in [3.05, 3.63) is 86.1 Å². The number of nitro benzene ring substituents is 1. The molecule has 1 aromatic heterocycles. The number of furan rings is 1. The quantitative estimate of drug-likeness (QED) is 0.203. The number of aryl methyl sites for hydroxylation is 1. The summed E-state index contributed by atoms with van der Waals surface area (Å²) in [6.45, 7) is 1.66. The Balaban J connectivity index is 1.60. The second-order valence-electron chi connectivity index (χ2n) is 6.36. The van der Waals surface area contributed by atoms with E-state index in [1.165, 1.54) is 24.3 Å². The van der Waals surface area contributed by atoms with Gasteiger partial charge in [0.15, 0.2) is 5.11 Å². The predicted molar refractivity (Wildman–Crippen MR) is 125 cm³/mol. The maximum atomic E-state index is 12.1. The lowest BCUT2D eigenvalue weighted by Crippen LogP contribution is -2.33. The SMILES string of the molecule is Cc1cc([N+](=O)[O-])c(Cl)cc1NC(=S)NC(=O)C=Cc1ccc(-c2ccc(Cl)cc2)o1. The van der Waals surface area contributed by atoms with Crippen molar-refractivity contribution in [3.63, 3.8) is 0 Å². The maximum Gasteiger partial charge on any atom is 0.288 e. The minimum atomic E-state index is -0.572. The molecule has 0 aliphatic carbocycles. The Morgan fingerprint density at radius 2 is 1.87 bits per heavy atom. The number of carbonyl (C=O) groups is 1. The standard InChI is InChI=1S/C21H15Cl2N3O4S/c1-12-10-18(26(28)29)16(23)11-17(12)24-21(31)25-20(27)9-7-15-6-8-19(30-15)13-2-4-14(22)5-3-13/h2-11H,1H3,(H2,24,25,27,31). The van der Waals surface area contributed by atoms with Crippen molar-refractivity contribution in [1.82, 2.24) is 5.32 Å². The minimum Gasteiger partial charge on any atom is -0.457 e. The maximum absolute atomic E-state index is 12.1. The third-order valence-electron chi connectivity index (χ3n) is 4.13. The van der Waals surface area contributed by atoms with Crippen LogP contribution in [0.15, 0.2) is 59.0 Å². The van der Waals surface area contributed by atoms with Gasteiger partial charge in [0, 0.05) is 28.4 Å². The minimum absolute atomic E-state index is 0.0176. The molecule has 158 valence electrons. The Hall–Kier alpha value is -3.20. The number of benzene rings is 2. The molecule has 0 spiro atoms. The van der Waals surface area contributed by atoms with Crippen LogP contribution in [0.25, 0.3) is 17.4 Å². The Bertz CT molecular complexity index is 1190. The average molecular weight is 476 g/mol. The van der Waals surface area contributed by atoms with Crippen LogP contribution in [0.2, 0.25) is 10.0 Å². The van der Waals surface area contributed by atoms with E-state index in [0.717, 1.165) is 5.56 Å². The monoisotopic (exact) mass is 475 g/mol. The lowest BCUT2D eigenvalue weighted by Gasteiger charge is -2.11. The number of amides is 1. The average Bonchev–Trinajstić information content (AvgIpc) is 3.18. The lowest BCUT2D eigenvalue weighted by atomic mass is 10.2. The summed E-state index contributed by atoms with van der Waals surface area (Å²) in [5.74, 6) is 0.643. The molecule has 0 bridgehead atoms. The number of hydrogen-bond donors (Lipinski definition) is 2. The van der Waals surface area contributed by atoms with Crippen molar-refractivity contribution in [2.45, 2.75) is 6.92 Å². The van der Waals surface area contributed by atoms with Gasteiger partial charge < -0.3 is 9.73 Å². The van der Waals surface area contributed by atoms with Gasteiger partial charge >= 0.3 is 0 Å². The van der Waals surface area contributed by atoms with E-state index in [1.54, 1.807) is 31.2 Å². The molecule has 7 nitrogen and oxygen atoms in total. The Kier molecular flexibility index (Phi) is 7.06. The van der Waals surface area contributed by atoms with Crippen LogP contribution in [-0.2, 0) is 4.79 Å². The van der Waals surface area contributed by atoms with Gasteiger partial charge in [-0.3, -0.25) is 20.2 Å². The summed E-state index contributed by atoms with van der Waals surface area (Å²) in [7, 11) is 0. The molecule has 0 atom stereocenters. The molecule has 0 saturated carbocycles. The fourth-order valence-corrected chi connectivity index (χ4v) is 3.19. The van der Waals surface area contributed by atoms with Crippen LogP contribution in [0.4, 0.5) is 11.4 Å². The number of halogens is 2. The van der Waals surface area contributed by atoms with Gasteiger partial charge in [0.25, 0.3) is 5.69 Å². The number of anilines is 1. The summed E-state index contributed by atoms with van der Waals surface area (Å²) < 4.78 is 5.69. The van der Waals surface area contributed by atoms with E-state index in [9.17, 15) is 14.9 Å². The molecule has 0 saturated heterocycles. The molecule has 0 radical (unpaired) electrons. The van der Waals surface area contributed by atoms with E-state index >= 15 is 0 Å². The van der Waals surface area contributed by atoms with Crippen LogP contribution >= 0.6 is 35.4 Å². The summed E-state index contributed by atoms with van der Waals surface area (Å²) in [5.41, 5.74) is 1.65. The molecule has 3 rings (SSSR count). The van der Waals surface area contributed by atoms with E-state index in [0.29, 0.717) is 27.8 Å². The van der Waals surface area contributed by atoms with E-state index in [2.05, 4.69) is 10.6 Å². The fraction of sp³-hybridized carbons (Fsp3) is 0.0476. The second-order valence-corrected chi connectivity index (χ2v) is 7.61. The topological polar surface area (TPSA) is 97.4 Å². The molecule has 0 aliphatic heterocycles. The van der Waals surface area contributed by atoms with Crippen LogP contribution in [0.5, 0.6) is 0 Å². The first kappa shape index (κ1) is 22.5. The number of nitrogens with zero attached hydrogens (tertiary/aromatic N) is 1. The summed E-state index contributed by atoms with van der Waals surface area (Å²) in [6, 6.07) is 13.4. The van der Waals surface area contributed by atoms with Crippen LogP contribution in [0, 0.1) is 17.0 Å². The highest BCUT2D eigenvalue weighted by atomic mass is 35.5. The van der Waals surface area contributed by atoms with Gasteiger partial charge in [0.2, 0.25) is 5.91 Å². The predicted octanol–water partition coefficient (Wildman–Crippen LogP) is 6.00. The Labute approximate surface area is 192 Å². The Morgan fingerprint density at radius 3 is 2.55 bits per heavy atom. The number of nitrogens with one attached hydrogen (secondary N) is 2. The molecule has 0 fully saturated rings. The van der Waals surface area contributed by atoms with Gasteiger partial charge in [-0.2, -0.15) is 0 Å². The van der Waals surface area contributed by atoms with Crippen molar-refractivity contribution in [3.8, 4) is 11.3 Å². The van der Waals surface area contributed by atoms with Gasteiger partial charge in [-0.15, -0.1) is 0 Å². The van der Waals surface area contributed by atoms with E-state index < -0.39 is 10.8 Å². The molecule has 2 aromatic carbocycles. The highest BCUT2D eigenvalue weighted by molar-refractivity contribution is 7.80. The van der Waals surface area contributed by atoms with Crippen molar-refractivity contribution >= 4 is 63.9 Å². The molecule has 31 heavy (non-hydrogen) atoms. The van der Waals surface area contributed by atoms with Crippen molar-refractivity contribution in [1.29, 1.82) is 0 Å². The zero-order valence-corrected chi connectivity index (χ0v) is 18.3. The van der Waals surface area contributed by atoms with Crippen molar-refractivity contribution < 1.29 is 14.1 Å². The number of nitro groups is 1. The van der Waals surface area contributed by atoms with Gasteiger partial charge in [-0.1, -0.05) is 23.2 Å². The molecule has 10 heteroatoms. The molecule has 1 heterocycles. The molecule has 0 unspecified atom stereocenters. The van der Waals surface area contributed by atoms with Gasteiger partial charge in [-0.25, -0.2) is 0 Å². The molecular formula is C21H15Cl2N3O4S. The van der Waals surface area contributed by atoms with Crippen LogP contribution < -0.4 is 10.6 Å². The van der Waals surface area contributed by atoms with Gasteiger partial charge in [0.05, 0.1) is 4.92 Å². The highest BCUT2D eigenvalue weighted by Gasteiger charge is 2.15. The van der Waals surface area contributed by atoms with E-state index in [1.807, 2.05) is 12.1 Å². The van der Waals surface area contributed by atoms with E-state index in [4.69, 9.17) is 39.8 Å². The smallest absolute Gasteiger partial charge is 0.288 e. The summed E-state index contributed by atoms with van der Waals surface area (Å²) in [6.07, 6.45) is 2.78. The van der Waals surface area contributed by atoms with Gasteiger partial charge in [0.1, 0.15) is 16.5 Å². The molecule has 2 N–H and O–H groups in total. The number of thiocarbonyl (C=S) groups is 1. The number of carbonyl (C=O) groups excluding carboxylic acids is 1. The van der Waals surface area contributed by atoms with E-state index in [-0.39, 0.29) is 15.8 Å². The molecular weight excluding hydrogens is 461 g/mol. The summed E-state index contributed by atoms with van der Waals surface area (Å²) in [5, 5.41) is 16.8. The van der Waals surface area contributed by atoms with Crippen LogP contribution in [0.3, 0.4) is 0 Å². The highest BCUT2D eigenvalue weighted by Crippen LogP contribution is 2.30. The first-order valence-corrected chi connectivity index (χ1v) is 9.99. The molecule has 3 aromatic rings. The summed E-state index contributed by atoms with van der Waals surface area (Å²) >= 11 is 16.9. The van der Waals surface area contributed by atoms with Crippen molar-refractivity contribution in [2.75, 3.05) is 5.32 Å². The molecule has 1 amide bonds. The lowest BCUT2D eigenvalue weighted by molar-refractivity contribution is -0.384. The Morgan fingerprint density at radius 1 is 1.16 bits per heavy atom. The number of rotatable bonds is 5. The van der Waals surface area contributed by atoms with Crippen molar-refractivity contribution in [2.24, 2.45) is 0 Å².